The number of hydrogen-bond donors (Lipinski definition) is 2. The van der Waals surface area contributed by atoms with Crippen molar-refractivity contribution in [2.45, 2.75) is 25.8 Å². The molecule has 0 unspecified atom stereocenters. The molecular weight excluding hydrogens is 340 g/mol. The third-order valence-corrected chi connectivity index (χ3v) is 3.71. The van der Waals surface area contributed by atoms with Gasteiger partial charge in [-0.1, -0.05) is 18.2 Å². The van der Waals surface area contributed by atoms with Gasteiger partial charge in [-0.2, -0.15) is 0 Å². The highest BCUT2D eigenvalue weighted by atomic mass is 16.5. The number of hydrogen-bond acceptors (Lipinski definition) is 6. The third-order valence-electron chi connectivity index (χ3n) is 3.71. The minimum Gasteiger partial charge on any atom is -0.467 e. The zero-order valence-electron chi connectivity index (χ0n) is 14.5. The molecule has 0 aliphatic carbocycles. The maximum atomic E-state index is 12.4. The number of ether oxygens (including phenoxy) is 1. The van der Waals surface area contributed by atoms with Gasteiger partial charge in [0.15, 0.2) is 0 Å². The van der Waals surface area contributed by atoms with Crippen LogP contribution in [0.4, 0.5) is 0 Å². The quantitative estimate of drug-likeness (QED) is 0.562. The van der Waals surface area contributed by atoms with Crippen molar-refractivity contribution in [2.24, 2.45) is 0 Å². The van der Waals surface area contributed by atoms with Gasteiger partial charge in [0.2, 0.25) is 5.91 Å². The van der Waals surface area contributed by atoms with Crippen molar-refractivity contribution in [3.63, 3.8) is 0 Å². The maximum absolute atomic E-state index is 12.4. The van der Waals surface area contributed by atoms with Crippen LogP contribution in [-0.2, 0) is 14.3 Å². The SMILES string of the molecule is CCNC(=O)CC[C@@H](NC(=O)c1cc2ccccc2oc1=O)C(=O)OC. The van der Waals surface area contributed by atoms with E-state index < -0.39 is 23.5 Å². The van der Waals surface area contributed by atoms with E-state index in [-0.39, 0.29) is 24.3 Å². The van der Waals surface area contributed by atoms with Crippen LogP contribution in [0.1, 0.15) is 30.1 Å². The summed E-state index contributed by atoms with van der Waals surface area (Å²) in [7, 11) is 1.18. The van der Waals surface area contributed by atoms with Gasteiger partial charge in [0.05, 0.1) is 7.11 Å². The average molecular weight is 360 g/mol. The molecule has 2 amide bonds. The van der Waals surface area contributed by atoms with E-state index >= 15 is 0 Å². The highest BCUT2D eigenvalue weighted by molar-refractivity contribution is 5.98. The zero-order chi connectivity index (χ0) is 19.1. The molecule has 1 atom stereocenters. The number of para-hydroxylation sites is 1. The molecule has 0 saturated carbocycles. The predicted molar refractivity (Wildman–Crippen MR) is 93.7 cm³/mol. The molecule has 0 radical (unpaired) electrons. The van der Waals surface area contributed by atoms with Crippen molar-refractivity contribution in [1.82, 2.24) is 10.6 Å². The Morgan fingerprint density at radius 3 is 2.65 bits per heavy atom. The smallest absolute Gasteiger partial charge is 0.349 e. The summed E-state index contributed by atoms with van der Waals surface area (Å²) in [4.78, 5) is 47.9. The lowest BCUT2D eigenvalue weighted by molar-refractivity contribution is -0.143. The lowest BCUT2D eigenvalue weighted by atomic mass is 10.1. The van der Waals surface area contributed by atoms with Crippen LogP contribution in [0.3, 0.4) is 0 Å². The molecule has 1 aromatic heterocycles. The minimum absolute atomic E-state index is 0.0280. The van der Waals surface area contributed by atoms with Gasteiger partial charge in [0, 0.05) is 18.4 Å². The van der Waals surface area contributed by atoms with E-state index in [1.807, 2.05) is 0 Å². The van der Waals surface area contributed by atoms with Gasteiger partial charge in [-0.25, -0.2) is 9.59 Å². The molecule has 26 heavy (non-hydrogen) atoms. The number of carbonyl (C=O) groups excluding carboxylic acids is 3. The van der Waals surface area contributed by atoms with Crippen molar-refractivity contribution in [2.75, 3.05) is 13.7 Å². The maximum Gasteiger partial charge on any atom is 0.349 e. The first kappa shape index (κ1) is 19.2. The molecule has 1 heterocycles. The number of carbonyl (C=O) groups is 3. The third kappa shape index (κ3) is 4.69. The summed E-state index contributed by atoms with van der Waals surface area (Å²) in [5.74, 6) is -1.72. The molecular formula is C18H20N2O6. The standard InChI is InChI=1S/C18H20N2O6/c1-3-19-15(21)9-8-13(18(24)25-2)20-16(22)12-10-11-6-4-5-7-14(11)26-17(12)23/h4-7,10,13H,3,8-9H2,1-2H3,(H,19,21)(H,20,22)/t13-/m1/s1. The van der Waals surface area contributed by atoms with Gasteiger partial charge >= 0.3 is 11.6 Å². The first-order valence-electron chi connectivity index (χ1n) is 8.14. The molecule has 0 aliphatic rings. The molecule has 2 rings (SSSR count). The lowest BCUT2D eigenvalue weighted by Crippen LogP contribution is -2.43. The molecule has 2 aromatic rings. The Morgan fingerprint density at radius 1 is 1.23 bits per heavy atom. The van der Waals surface area contributed by atoms with Crippen LogP contribution in [-0.4, -0.2) is 37.5 Å². The van der Waals surface area contributed by atoms with Crippen molar-refractivity contribution < 1.29 is 23.5 Å². The Balaban J connectivity index is 2.18. The van der Waals surface area contributed by atoms with Gasteiger partial charge in [-0.15, -0.1) is 0 Å². The summed E-state index contributed by atoms with van der Waals surface area (Å²) in [6.45, 7) is 2.24. The number of benzene rings is 1. The second kappa shape index (κ2) is 8.80. The molecule has 1 aromatic carbocycles. The van der Waals surface area contributed by atoms with E-state index in [1.165, 1.54) is 13.2 Å². The first-order chi connectivity index (χ1) is 12.5. The van der Waals surface area contributed by atoms with Crippen LogP contribution < -0.4 is 16.3 Å². The fourth-order valence-corrected chi connectivity index (χ4v) is 2.41. The van der Waals surface area contributed by atoms with Crippen LogP contribution in [0.15, 0.2) is 39.5 Å². The molecule has 0 spiro atoms. The molecule has 0 saturated heterocycles. The Labute approximate surface area is 149 Å². The normalized spacial score (nSPS) is 11.6. The van der Waals surface area contributed by atoms with Gasteiger partial charge in [0.1, 0.15) is 17.2 Å². The topological polar surface area (TPSA) is 115 Å². The predicted octanol–water partition coefficient (Wildman–Crippen LogP) is 0.981. The summed E-state index contributed by atoms with van der Waals surface area (Å²) < 4.78 is 9.77. The summed E-state index contributed by atoms with van der Waals surface area (Å²) in [5.41, 5.74) is -0.682. The van der Waals surface area contributed by atoms with E-state index in [9.17, 15) is 19.2 Å². The molecule has 0 bridgehead atoms. The Hall–Kier alpha value is -3.16. The number of nitrogens with one attached hydrogen (secondary N) is 2. The second-order valence-electron chi connectivity index (χ2n) is 5.53. The minimum atomic E-state index is -1.05. The summed E-state index contributed by atoms with van der Waals surface area (Å²) in [5, 5.41) is 5.61. The number of amides is 2. The molecule has 8 heteroatoms. The van der Waals surface area contributed by atoms with E-state index in [0.717, 1.165) is 0 Å². The van der Waals surface area contributed by atoms with E-state index in [4.69, 9.17) is 4.42 Å². The average Bonchev–Trinajstić information content (AvgIpc) is 2.63. The van der Waals surface area contributed by atoms with Gasteiger partial charge in [0.25, 0.3) is 5.91 Å². The molecule has 2 N–H and O–H groups in total. The van der Waals surface area contributed by atoms with E-state index in [2.05, 4.69) is 15.4 Å². The van der Waals surface area contributed by atoms with Crippen LogP contribution in [0.25, 0.3) is 11.0 Å². The number of rotatable bonds is 7. The highest BCUT2D eigenvalue weighted by Gasteiger charge is 2.24. The fraction of sp³-hybridized carbons (Fsp3) is 0.333. The Morgan fingerprint density at radius 2 is 1.96 bits per heavy atom. The van der Waals surface area contributed by atoms with Crippen LogP contribution in [0, 0.1) is 0 Å². The van der Waals surface area contributed by atoms with Gasteiger partial charge < -0.3 is 19.8 Å². The number of methoxy groups -OCH3 is 1. The number of esters is 1. The molecule has 8 nitrogen and oxygen atoms in total. The van der Waals surface area contributed by atoms with Crippen molar-refractivity contribution in [1.29, 1.82) is 0 Å². The lowest BCUT2D eigenvalue weighted by Gasteiger charge is -2.16. The summed E-state index contributed by atoms with van der Waals surface area (Å²) in [6, 6.07) is 7.10. The fourth-order valence-electron chi connectivity index (χ4n) is 2.41. The van der Waals surface area contributed by atoms with E-state index in [1.54, 1.807) is 31.2 Å². The highest BCUT2D eigenvalue weighted by Crippen LogP contribution is 2.13. The second-order valence-corrected chi connectivity index (χ2v) is 5.53. The Kier molecular flexibility index (Phi) is 6.48. The van der Waals surface area contributed by atoms with Gasteiger partial charge in [-0.3, -0.25) is 9.59 Å². The van der Waals surface area contributed by atoms with Crippen LogP contribution in [0.5, 0.6) is 0 Å². The summed E-state index contributed by atoms with van der Waals surface area (Å²) in [6.07, 6.45) is 0.0728. The van der Waals surface area contributed by atoms with Crippen molar-refractivity contribution in [3.05, 3.63) is 46.3 Å². The molecule has 0 fully saturated rings. The zero-order valence-corrected chi connectivity index (χ0v) is 14.5. The van der Waals surface area contributed by atoms with Crippen LogP contribution >= 0.6 is 0 Å². The molecule has 0 aliphatic heterocycles. The van der Waals surface area contributed by atoms with Gasteiger partial charge in [-0.05, 0) is 25.5 Å². The largest absolute Gasteiger partial charge is 0.467 e. The first-order valence-corrected chi connectivity index (χ1v) is 8.14. The summed E-state index contributed by atoms with van der Waals surface area (Å²) >= 11 is 0. The number of fused-ring (bicyclic) bond motifs is 1. The van der Waals surface area contributed by atoms with E-state index in [0.29, 0.717) is 17.5 Å². The van der Waals surface area contributed by atoms with Crippen molar-refractivity contribution in [3.8, 4) is 0 Å². The van der Waals surface area contributed by atoms with Crippen LogP contribution in [0.2, 0.25) is 0 Å². The molecule has 138 valence electrons. The van der Waals surface area contributed by atoms with Crippen molar-refractivity contribution >= 4 is 28.8 Å². The monoisotopic (exact) mass is 360 g/mol. The Bertz CT molecular complexity index is 873.